The summed E-state index contributed by atoms with van der Waals surface area (Å²) < 4.78 is 0. The van der Waals surface area contributed by atoms with E-state index in [1.807, 2.05) is 81.4 Å². The van der Waals surface area contributed by atoms with Gasteiger partial charge in [0.2, 0.25) is 0 Å². The summed E-state index contributed by atoms with van der Waals surface area (Å²) in [5.74, 6) is -0.664. The second-order valence-corrected chi connectivity index (χ2v) is 8.70. The Labute approximate surface area is 201 Å². The van der Waals surface area contributed by atoms with Crippen molar-refractivity contribution in [1.29, 1.82) is 0 Å². The number of hydrogen-bond donors (Lipinski definition) is 1. The third-order valence-corrected chi connectivity index (χ3v) is 6.26. The summed E-state index contributed by atoms with van der Waals surface area (Å²) in [5.41, 5.74) is 6.97. The normalized spacial score (nSPS) is 13.6. The van der Waals surface area contributed by atoms with Crippen LogP contribution in [0.1, 0.15) is 36.1 Å². The molecule has 5 nitrogen and oxygen atoms in total. The maximum atomic E-state index is 13.7. The van der Waals surface area contributed by atoms with Gasteiger partial charge in [0.1, 0.15) is 5.70 Å². The Morgan fingerprint density at radius 1 is 0.794 bits per heavy atom. The Kier molecular flexibility index (Phi) is 6.55. The van der Waals surface area contributed by atoms with Gasteiger partial charge in [0.25, 0.3) is 11.8 Å². The number of carbonyl (C=O) groups is 2. The summed E-state index contributed by atoms with van der Waals surface area (Å²) in [7, 11) is 0. The predicted octanol–water partition coefficient (Wildman–Crippen LogP) is 5.85. The molecule has 0 spiro atoms. The molecule has 0 bridgehead atoms. The molecule has 0 radical (unpaired) electrons. The second kappa shape index (κ2) is 9.56. The van der Waals surface area contributed by atoms with Gasteiger partial charge in [0.15, 0.2) is 0 Å². The van der Waals surface area contributed by atoms with Crippen molar-refractivity contribution in [2.75, 3.05) is 28.2 Å². The van der Waals surface area contributed by atoms with Gasteiger partial charge in [-0.1, -0.05) is 35.9 Å². The van der Waals surface area contributed by atoms with Gasteiger partial charge in [-0.2, -0.15) is 0 Å². The molecule has 34 heavy (non-hydrogen) atoms. The smallest absolute Gasteiger partial charge is 0.282 e. The van der Waals surface area contributed by atoms with Gasteiger partial charge in [0, 0.05) is 24.5 Å². The van der Waals surface area contributed by atoms with Crippen LogP contribution in [0.25, 0.3) is 5.57 Å². The SMILES string of the molecule is CCN(CC)c1ccc(NC2=C(c3ccc(C)cc3C)C(=O)N(c3cccc(C)c3)C2=O)cc1. The summed E-state index contributed by atoms with van der Waals surface area (Å²) in [6.45, 7) is 12.0. The molecule has 1 aliphatic heterocycles. The zero-order chi connectivity index (χ0) is 24.4. The molecule has 1 heterocycles. The van der Waals surface area contributed by atoms with Gasteiger partial charge in [-0.15, -0.1) is 0 Å². The summed E-state index contributed by atoms with van der Waals surface area (Å²) in [5, 5.41) is 3.28. The summed E-state index contributed by atoms with van der Waals surface area (Å²) in [4.78, 5) is 30.9. The number of carbonyl (C=O) groups excluding carboxylic acids is 2. The number of benzene rings is 3. The number of imide groups is 1. The van der Waals surface area contributed by atoms with Gasteiger partial charge in [-0.05, 0) is 87.7 Å². The average molecular weight is 454 g/mol. The number of amides is 2. The molecule has 0 saturated heterocycles. The maximum absolute atomic E-state index is 13.7. The molecule has 0 aliphatic carbocycles. The van der Waals surface area contributed by atoms with Crippen molar-refractivity contribution in [3.8, 4) is 0 Å². The van der Waals surface area contributed by atoms with E-state index in [1.54, 1.807) is 6.07 Å². The lowest BCUT2D eigenvalue weighted by molar-refractivity contribution is -0.120. The van der Waals surface area contributed by atoms with Crippen molar-refractivity contribution in [2.24, 2.45) is 0 Å². The van der Waals surface area contributed by atoms with Gasteiger partial charge >= 0.3 is 0 Å². The molecule has 0 saturated carbocycles. The Balaban J connectivity index is 1.78. The van der Waals surface area contributed by atoms with Crippen LogP contribution in [0.5, 0.6) is 0 Å². The number of rotatable bonds is 7. The zero-order valence-corrected chi connectivity index (χ0v) is 20.5. The van der Waals surface area contributed by atoms with Crippen molar-refractivity contribution < 1.29 is 9.59 Å². The molecule has 1 aliphatic rings. The van der Waals surface area contributed by atoms with Crippen molar-refractivity contribution in [2.45, 2.75) is 34.6 Å². The number of aryl methyl sites for hydroxylation is 3. The lowest BCUT2D eigenvalue weighted by Crippen LogP contribution is -2.32. The van der Waals surface area contributed by atoms with Crippen molar-refractivity contribution >= 4 is 34.4 Å². The molecule has 4 rings (SSSR count). The van der Waals surface area contributed by atoms with E-state index in [-0.39, 0.29) is 11.8 Å². The Bertz CT molecular complexity index is 1270. The van der Waals surface area contributed by atoms with Crippen molar-refractivity contribution in [3.63, 3.8) is 0 Å². The standard InChI is InChI=1S/C29H31N3O2/c1-6-31(7-2)23-14-12-22(13-15-23)30-27-26(25-16-11-20(4)17-21(25)5)28(33)32(29(27)34)24-10-8-9-19(3)18-24/h8-18,30H,6-7H2,1-5H3. The number of nitrogens with zero attached hydrogens (tertiary/aromatic N) is 2. The fraction of sp³-hybridized carbons (Fsp3) is 0.241. The van der Waals surface area contributed by atoms with Gasteiger partial charge < -0.3 is 10.2 Å². The average Bonchev–Trinajstić information content (AvgIpc) is 3.05. The van der Waals surface area contributed by atoms with Gasteiger partial charge in [0.05, 0.1) is 11.3 Å². The zero-order valence-electron chi connectivity index (χ0n) is 20.5. The summed E-state index contributed by atoms with van der Waals surface area (Å²) in [6, 6.07) is 21.4. The molecule has 3 aromatic rings. The van der Waals surface area contributed by atoms with Crippen LogP contribution in [-0.2, 0) is 9.59 Å². The minimum absolute atomic E-state index is 0.300. The third-order valence-electron chi connectivity index (χ3n) is 6.26. The van der Waals surface area contributed by atoms with E-state index in [1.165, 1.54) is 4.90 Å². The highest BCUT2D eigenvalue weighted by molar-refractivity contribution is 6.46. The first kappa shape index (κ1) is 23.3. The van der Waals surface area contributed by atoms with Crippen molar-refractivity contribution in [3.05, 3.63) is 94.7 Å². The molecule has 0 unspecified atom stereocenters. The quantitative estimate of drug-likeness (QED) is 0.456. The molecule has 3 aromatic carbocycles. The highest BCUT2D eigenvalue weighted by Crippen LogP contribution is 2.35. The molecule has 0 atom stereocenters. The van der Waals surface area contributed by atoms with Crippen LogP contribution in [-0.4, -0.2) is 24.9 Å². The molecular weight excluding hydrogens is 422 g/mol. The molecule has 0 aromatic heterocycles. The van der Waals surface area contributed by atoms with E-state index in [4.69, 9.17) is 0 Å². The molecule has 5 heteroatoms. The summed E-state index contributed by atoms with van der Waals surface area (Å²) >= 11 is 0. The number of nitrogens with one attached hydrogen (secondary N) is 1. The second-order valence-electron chi connectivity index (χ2n) is 8.70. The third kappa shape index (κ3) is 4.34. The van der Waals surface area contributed by atoms with E-state index in [0.29, 0.717) is 17.0 Å². The van der Waals surface area contributed by atoms with E-state index < -0.39 is 0 Å². The van der Waals surface area contributed by atoms with Crippen LogP contribution in [0.3, 0.4) is 0 Å². The number of anilines is 3. The van der Waals surface area contributed by atoms with Crippen molar-refractivity contribution in [1.82, 2.24) is 0 Å². The lowest BCUT2D eigenvalue weighted by atomic mass is 9.97. The van der Waals surface area contributed by atoms with Crippen LogP contribution in [0.4, 0.5) is 17.1 Å². The van der Waals surface area contributed by atoms with E-state index in [9.17, 15) is 9.59 Å². The van der Waals surface area contributed by atoms with Gasteiger partial charge in [-0.25, -0.2) is 4.90 Å². The largest absolute Gasteiger partial charge is 0.372 e. The van der Waals surface area contributed by atoms with Crippen LogP contribution < -0.4 is 15.1 Å². The minimum atomic E-state index is -0.349. The molecule has 2 amide bonds. The first-order valence-corrected chi connectivity index (χ1v) is 11.7. The molecule has 174 valence electrons. The van der Waals surface area contributed by atoms with Crippen LogP contribution >= 0.6 is 0 Å². The van der Waals surface area contributed by atoms with E-state index >= 15 is 0 Å². The van der Waals surface area contributed by atoms with E-state index in [0.717, 1.165) is 46.7 Å². The number of hydrogen-bond acceptors (Lipinski definition) is 4. The lowest BCUT2D eigenvalue weighted by Gasteiger charge is -2.21. The summed E-state index contributed by atoms with van der Waals surface area (Å²) in [6.07, 6.45) is 0. The fourth-order valence-corrected chi connectivity index (χ4v) is 4.48. The van der Waals surface area contributed by atoms with Crippen LogP contribution in [0.15, 0.2) is 72.4 Å². The Morgan fingerprint density at radius 3 is 2.09 bits per heavy atom. The highest BCUT2D eigenvalue weighted by Gasteiger charge is 2.40. The minimum Gasteiger partial charge on any atom is -0.372 e. The topological polar surface area (TPSA) is 52.7 Å². The maximum Gasteiger partial charge on any atom is 0.282 e. The first-order valence-electron chi connectivity index (χ1n) is 11.7. The van der Waals surface area contributed by atoms with Crippen LogP contribution in [0.2, 0.25) is 0 Å². The fourth-order valence-electron chi connectivity index (χ4n) is 4.48. The first-order chi connectivity index (χ1) is 16.3. The van der Waals surface area contributed by atoms with Crippen LogP contribution in [0, 0.1) is 20.8 Å². The highest BCUT2D eigenvalue weighted by atomic mass is 16.2. The predicted molar refractivity (Wildman–Crippen MR) is 140 cm³/mol. The Morgan fingerprint density at radius 2 is 1.47 bits per heavy atom. The molecule has 0 fully saturated rings. The van der Waals surface area contributed by atoms with Gasteiger partial charge in [-0.3, -0.25) is 9.59 Å². The van der Waals surface area contributed by atoms with E-state index in [2.05, 4.69) is 24.1 Å². The molecule has 1 N–H and O–H groups in total. The Hall–Kier alpha value is -3.86. The monoisotopic (exact) mass is 453 g/mol. The molecular formula is C29H31N3O2.